The Bertz CT molecular complexity index is 1050. The monoisotopic (exact) mass is 458 g/mol. The minimum Gasteiger partial charge on any atom is -0.426 e. The molecule has 1 fully saturated rings. The second kappa shape index (κ2) is 10.3. The van der Waals surface area contributed by atoms with Crippen LogP contribution < -0.4 is 9.64 Å². The molecular formula is C24H30N2O5S. The number of anilines is 1. The first kappa shape index (κ1) is 23.9. The quantitative estimate of drug-likeness (QED) is 0.467. The van der Waals surface area contributed by atoms with Gasteiger partial charge in [0.15, 0.2) is 0 Å². The molecule has 0 spiro atoms. The van der Waals surface area contributed by atoms with Crippen molar-refractivity contribution in [3.8, 4) is 5.75 Å². The number of benzene rings is 2. The van der Waals surface area contributed by atoms with Crippen LogP contribution in [0.1, 0.15) is 42.1 Å². The van der Waals surface area contributed by atoms with Gasteiger partial charge in [0.2, 0.25) is 10.0 Å². The Kier molecular flexibility index (Phi) is 7.69. The number of esters is 1. The first-order valence-electron chi connectivity index (χ1n) is 10.9. The van der Waals surface area contributed by atoms with E-state index in [9.17, 15) is 18.0 Å². The standard InChI is InChI=1S/C24H30N2O5S/c1-4-16-32(29,30)26-15-5-6-20(17-26)24(28)31-22-13-11-21(12-14-22)25(3)23(27)19-9-7-18(2)8-10-19/h7-14,20H,4-6,15-17H2,1-3H3. The maximum atomic E-state index is 12.7. The number of piperidine rings is 1. The fourth-order valence-corrected chi connectivity index (χ4v) is 5.31. The van der Waals surface area contributed by atoms with Gasteiger partial charge in [0.05, 0.1) is 11.7 Å². The van der Waals surface area contributed by atoms with Gasteiger partial charge in [0.25, 0.3) is 5.91 Å². The molecule has 1 amide bonds. The lowest BCUT2D eigenvalue weighted by atomic mass is 10.00. The summed E-state index contributed by atoms with van der Waals surface area (Å²) < 4.78 is 31.6. The molecule has 1 aliphatic rings. The first-order valence-corrected chi connectivity index (χ1v) is 12.5. The summed E-state index contributed by atoms with van der Waals surface area (Å²) in [6, 6.07) is 14.1. The molecule has 32 heavy (non-hydrogen) atoms. The molecule has 7 nitrogen and oxygen atoms in total. The summed E-state index contributed by atoms with van der Waals surface area (Å²) in [6.45, 7) is 4.39. The third-order valence-corrected chi connectivity index (χ3v) is 7.66. The Balaban J connectivity index is 1.62. The summed E-state index contributed by atoms with van der Waals surface area (Å²) in [6.07, 6.45) is 1.78. The minimum absolute atomic E-state index is 0.0883. The van der Waals surface area contributed by atoms with E-state index < -0.39 is 21.9 Å². The zero-order chi connectivity index (χ0) is 23.3. The van der Waals surface area contributed by atoms with E-state index in [0.717, 1.165) is 5.56 Å². The maximum Gasteiger partial charge on any atom is 0.315 e. The minimum atomic E-state index is -3.33. The molecular weight excluding hydrogens is 428 g/mol. The van der Waals surface area contributed by atoms with E-state index in [4.69, 9.17) is 4.74 Å². The Hall–Kier alpha value is -2.71. The maximum absolute atomic E-state index is 12.7. The van der Waals surface area contributed by atoms with E-state index >= 15 is 0 Å². The summed E-state index contributed by atoms with van der Waals surface area (Å²) in [5, 5.41) is 0. The van der Waals surface area contributed by atoms with Crippen LogP contribution in [0.25, 0.3) is 0 Å². The molecule has 1 heterocycles. The molecule has 1 atom stereocenters. The summed E-state index contributed by atoms with van der Waals surface area (Å²) in [5.41, 5.74) is 2.35. The molecule has 8 heteroatoms. The zero-order valence-corrected chi connectivity index (χ0v) is 19.6. The van der Waals surface area contributed by atoms with Crippen molar-refractivity contribution in [3.63, 3.8) is 0 Å². The predicted molar refractivity (Wildman–Crippen MR) is 124 cm³/mol. The van der Waals surface area contributed by atoms with E-state index in [0.29, 0.717) is 42.8 Å². The highest BCUT2D eigenvalue weighted by Gasteiger charge is 2.33. The lowest BCUT2D eigenvalue weighted by Crippen LogP contribution is -2.44. The second-order valence-corrected chi connectivity index (χ2v) is 10.2. The molecule has 1 unspecified atom stereocenters. The van der Waals surface area contributed by atoms with Gasteiger partial charge < -0.3 is 9.64 Å². The van der Waals surface area contributed by atoms with Crippen molar-refractivity contribution in [1.82, 2.24) is 4.31 Å². The van der Waals surface area contributed by atoms with Gasteiger partial charge in [-0.1, -0.05) is 24.6 Å². The molecule has 0 aromatic heterocycles. The highest BCUT2D eigenvalue weighted by Crippen LogP contribution is 2.24. The summed E-state index contributed by atoms with van der Waals surface area (Å²) in [7, 11) is -1.64. The van der Waals surface area contributed by atoms with Crippen molar-refractivity contribution in [2.24, 2.45) is 5.92 Å². The fraction of sp³-hybridized carbons (Fsp3) is 0.417. The van der Waals surface area contributed by atoms with Crippen molar-refractivity contribution in [2.75, 3.05) is 30.8 Å². The summed E-state index contributed by atoms with van der Waals surface area (Å²) >= 11 is 0. The van der Waals surface area contributed by atoms with Gasteiger partial charge in [-0.3, -0.25) is 9.59 Å². The molecule has 0 N–H and O–H groups in total. The number of aryl methyl sites for hydroxylation is 1. The number of carbonyl (C=O) groups is 2. The van der Waals surface area contributed by atoms with Crippen molar-refractivity contribution < 1.29 is 22.7 Å². The SMILES string of the molecule is CCCS(=O)(=O)N1CCCC(C(=O)Oc2ccc(N(C)C(=O)c3ccc(C)cc3)cc2)C1. The third kappa shape index (κ3) is 5.75. The van der Waals surface area contributed by atoms with Gasteiger partial charge in [-0.25, -0.2) is 12.7 Å². The number of hydrogen-bond acceptors (Lipinski definition) is 5. The van der Waals surface area contributed by atoms with E-state index in [1.165, 1.54) is 9.21 Å². The van der Waals surface area contributed by atoms with E-state index in [2.05, 4.69) is 0 Å². The number of amides is 1. The Labute approximate surface area is 190 Å². The van der Waals surface area contributed by atoms with Crippen LogP contribution in [-0.2, 0) is 14.8 Å². The molecule has 0 saturated carbocycles. The number of hydrogen-bond donors (Lipinski definition) is 0. The Morgan fingerprint density at radius 1 is 1.09 bits per heavy atom. The smallest absolute Gasteiger partial charge is 0.315 e. The number of carbonyl (C=O) groups excluding carboxylic acids is 2. The van der Waals surface area contributed by atoms with Crippen LogP contribution in [0.4, 0.5) is 5.69 Å². The highest BCUT2D eigenvalue weighted by atomic mass is 32.2. The van der Waals surface area contributed by atoms with Crippen LogP contribution in [0.5, 0.6) is 5.75 Å². The first-order chi connectivity index (χ1) is 15.2. The largest absolute Gasteiger partial charge is 0.426 e. The zero-order valence-electron chi connectivity index (χ0n) is 18.8. The summed E-state index contributed by atoms with van der Waals surface area (Å²) in [4.78, 5) is 26.8. The molecule has 3 rings (SSSR count). The lowest BCUT2D eigenvalue weighted by Gasteiger charge is -2.30. The fourth-order valence-electron chi connectivity index (χ4n) is 3.72. The van der Waals surface area contributed by atoms with E-state index in [1.54, 1.807) is 43.4 Å². The number of sulfonamides is 1. The predicted octanol–water partition coefficient (Wildman–Crippen LogP) is 3.63. The summed E-state index contributed by atoms with van der Waals surface area (Å²) in [5.74, 6) is -0.599. The normalized spacial score (nSPS) is 17.0. The van der Waals surface area contributed by atoms with Crippen LogP contribution >= 0.6 is 0 Å². The molecule has 1 aliphatic heterocycles. The molecule has 0 bridgehead atoms. The van der Waals surface area contributed by atoms with Crippen LogP contribution in [-0.4, -0.2) is 50.5 Å². The molecule has 2 aromatic carbocycles. The van der Waals surface area contributed by atoms with Gasteiger partial charge in [-0.05, 0) is 62.6 Å². The van der Waals surface area contributed by atoms with Crippen LogP contribution in [0.2, 0.25) is 0 Å². The lowest BCUT2D eigenvalue weighted by molar-refractivity contribution is -0.140. The van der Waals surface area contributed by atoms with Crippen molar-refractivity contribution >= 4 is 27.6 Å². The van der Waals surface area contributed by atoms with Gasteiger partial charge in [0, 0.05) is 31.4 Å². The topological polar surface area (TPSA) is 84.0 Å². The molecule has 172 valence electrons. The van der Waals surface area contributed by atoms with Gasteiger partial charge in [-0.15, -0.1) is 0 Å². The molecule has 0 radical (unpaired) electrons. The molecule has 1 saturated heterocycles. The van der Waals surface area contributed by atoms with Gasteiger partial charge >= 0.3 is 5.97 Å². The van der Waals surface area contributed by atoms with Crippen molar-refractivity contribution in [3.05, 3.63) is 59.7 Å². The van der Waals surface area contributed by atoms with Gasteiger partial charge in [0.1, 0.15) is 5.75 Å². The third-order valence-electron chi connectivity index (χ3n) is 5.62. The van der Waals surface area contributed by atoms with Crippen LogP contribution in [0, 0.1) is 12.8 Å². The number of ether oxygens (including phenoxy) is 1. The molecule has 2 aromatic rings. The second-order valence-electron chi connectivity index (χ2n) is 8.16. The van der Waals surface area contributed by atoms with Crippen LogP contribution in [0.15, 0.2) is 48.5 Å². The average Bonchev–Trinajstić information content (AvgIpc) is 2.79. The average molecular weight is 459 g/mol. The number of nitrogens with zero attached hydrogens (tertiary/aromatic N) is 2. The Morgan fingerprint density at radius 3 is 2.38 bits per heavy atom. The van der Waals surface area contributed by atoms with E-state index in [-0.39, 0.29) is 18.2 Å². The highest BCUT2D eigenvalue weighted by molar-refractivity contribution is 7.89. The Morgan fingerprint density at radius 2 is 1.75 bits per heavy atom. The van der Waals surface area contributed by atoms with Crippen molar-refractivity contribution in [1.29, 1.82) is 0 Å². The van der Waals surface area contributed by atoms with Crippen LogP contribution in [0.3, 0.4) is 0 Å². The molecule has 0 aliphatic carbocycles. The van der Waals surface area contributed by atoms with Crippen molar-refractivity contribution in [2.45, 2.75) is 33.1 Å². The van der Waals surface area contributed by atoms with Gasteiger partial charge in [-0.2, -0.15) is 0 Å². The van der Waals surface area contributed by atoms with E-state index in [1.807, 2.05) is 26.0 Å². The number of rotatable bonds is 7.